The van der Waals surface area contributed by atoms with Crippen LogP contribution in [-0.2, 0) is 22.9 Å². The zero-order valence-electron chi connectivity index (χ0n) is 13.9. The van der Waals surface area contributed by atoms with Crippen molar-refractivity contribution in [2.24, 2.45) is 0 Å². The molecule has 0 aliphatic rings. The van der Waals surface area contributed by atoms with Crippen molar-refractivity contribution in [1.82, 2.24) is 9.97 Å². The van der Waals surface area contributed by atoms with Crippen molar-refractivity contribution in [3.05, 3.63) is 70.2 Å². The van der Waals surface area contributed by atoms with E-state index in [4.69, 9.17) is 23.2 Å². The van der Waals surface area contributed by atoms with Gasteiger partial charge in [-0.2, -0.15) is 13.2 Å². The first-order chi connectivity index (χ1) is 13.2. The highest BCUT2D eigenvalue weighted by Gasteiger charge is 2.33. The number of rotatable bonds is 6. The lowest BCUT2D eigenvalue weighted by Gasteiger charge is -2.14. The second kappa shape index (κ2) is 8.77. The third kappa shape index (κ3) is 5.22. The fraction of sp³-hybridized carbons (Fsp3) is 0.118. The van der Waals surface area contributed by atoms with E-state index in [2.05, 4.69) is 14.7 Å². The van der Waals surface area contributed by atoms with Crippen LogP contribution in [0.3, 0.4) is 0 Å². The van der Waals surface area contributed by atoms with Gasteiger partial charge in [-0.25, -0.2) is 9.19 Å². The lowest BCUT2D eigenvalue weighted by molar-refractivity contribution is -0.137. The molecule has 11 heteroatoms. The summed E-state index contributed by atoms with van der Waals surface area (Å²) in [6, 6.07) is 8.09. The number of thioether (sulfide) groups is 1. The molecule has 0 spiro atoms. The molecule has 0 saturated carbocycles. The summed E-state index contributed by atoms with van der Waals surface area (Å²) in [7, 11) is -1.95. The Hall–Kier alpha value is -1.68. The molecule has 0 aliphatic heterocycles. The molecule has 0 saturated heterocycles. The normalized spacial score (nSPS) is 12.8. The van der Waals surface area contributed by atoms with Crippen LogP contribution in [0.25, 0.3) is 0 Å². The first kappa shape index (κ1) is 21.0. The van der Waals surface area contributed by atoms with Gasteiger partial charge in [-0.3, -0.25) is 4.72 Å². The maximum atomic E-state index is 13.0. The molecule has 1 atom stereocenters. The van der Waals surface area contributed by atoms with Crippen LogP contribution in [-0.4, -0.2) is 14.2 Å². The van der Waals surface area contributed by atoms with Gasteiger partial charge >= 0.3 is 6.18 Å². The molecule has 2 aromatic carbocycles. The number of hydrogen-bond donors (Lipinski definition) is 2. The Balaban J connectivity index is 1.83. The largest absolute Gasteiger partial charge is 0.417 e. The molecule has 0 amide bonds. The number of H-pyrrole nitrogens is 1. The van der Waals surface area contributed by atoms with Crippen LogP contribution in [0.5, 0.6) is 0 Å². The SMILES string of the molecule is O=S(Nc1cc(Cl)ccc1SCc1ncc[nH]1)c1ccc(Cl)c(C(F)(F)F)c1. The number of aromatic nitrogens is 2. The fourth-order valence-electron chi connectivity index (χ4n) is 2.23. The van der Waals surface area contributed by atoms with Crippen LogP contribution in [0.1, 0.15) is 11.4 Å². The Morgan fingerprint density at radius 1 is 1.18 bits per heavy atom. The minimum Gasteiger partial charge on any atom is -0.348 e. The van der Waals surface area contributed by atoms with Crippen molar-refractivity contribution in [3.63, 3.8) is 0 Å². The molecule has 1 unspecified atom stereocenters. The lowest BCUT2D eigenvalue weighted by Crippen LogP contribution is -2.10. The van der Waals surface area contributed by atoms with E-state index in [1.165, 1.54) is 17.8 Å². The summed E-state index contributed by atoms with van der Waals surface area (Å²) < 4.78 is 54.5. The molecular formula is C17H12Cl2F3N3OS2. The summed E-state index contributed by atoms with van der Waals surface area (Å²) >= 11 is 13.0. The quantitative estimate of drug-likeness (QED) is 0.428. The van der Waals surface area contributed by atoms with Gasteiger partial charge in [-0.05, 0) is 36.4 Å². The van der Waals surface area contributed by atoms with Gasteiger partial charge in [-0.1, -0.05) is 23.2 Å². The van der Waals surface area contributed by atoms with Crippen molar-refractivity contribution >= 4 is 51.6 Å². The summed E-state index contributed by atoms with van der Waals surface area (Å²) in [6.45, 7) is 0. The highest BCUT2D eigenvalue weighted by atomic mass is 35.5. The highest BCUT2D eigenvalue weighted by molar-refractivity contribution is 7.98. The maximum Gasteiger partial charge on any atom is 0.417 e. The van der Waals surface area contributed by atoms with E-state index in [1.807, 2.05) is 0 Å². The molecule has 3 aromatic rings. The molecule has 0 bridgehead atoms. The molecule has 0 fully saturated rings. The topological polar surface area (TPSA) is 57.8 Å². The maximum absolute atomic E-state index is 13.0. The van der Waals surface area contributed by atoms with Crippen molar-refractivity contribution in [1.29, 1.82) is 0 Å². The first-order valence-corrected chi connectivity index (χ1v) is 10.6. The summed E-state index contributed by atoms with van der Waals surface area (Å²) in [5.41, 5.74) is -0.605. The Kier molecular flexibility index (Phi) is 6.59. The van der Waals surface area contributed by atoms with Crippen LogP contribution < -0.4 is 4.72 Å². The molecule has 0 aliphatic carbocycles. The van der Waals surface area contributed by atoms with Crippen molar-refractivity contribution in [2.75, 3.05) is 4.72 Å². The molecule has 0 radical (unpaired) electrons. The molecule has 2 N–H and O–H groups in total. The Morgan fingerprint density at radius 3 is 2.64 bits per heavy atom. The van der Waals surface area contributed by atoms with Gasteiger partial charge in [0.2, 0.25) is 0 Å². The van der Waals surface area contributed by atoms with E-state index in [9.17, 15) is 17.4 Å². The van der Waals surface area contributed by atoms with Gasteiger partial charge in [0.1, 0.15) is 16.8 Å². The monoisotopic (exact) mass is 465 g/mol. The molecule has 1 heterocycles. The van der Waals surface area contributed by atoms with Gasteiger partial charge < -0.3 is 4.98 Å². The van der Waals surface area contributed by atoms with E-state index < -0.39 is 27.7 Å². The number of benzene rings is 2. The third-order valence-electron chi connectivity index (χ3n) is 3.52. The molecule has 1 aromatic heterocycles. The first-order valence-electron chi connectivity index (χ1n) is 7.70. The predicted octanol–water partition coefficient (Wildman–Crippen LogP) is 6.16. The Bertz CT molecular complexity index is 998. The average molecular weight is 466 g/mol. The highest BCUT2D eigenvalue weighted by Crippen LogP contribution is 2.36. The molecule has 148 valence electrons. The van der Waals surface area contributed by atoms with Crippen LogP contribution in [0, 0.1) is 0 Å². The van der Waals surface area contributed by atoms with Crippen molar-refractivity contribution < 1.29 is 17.4 Å². The van der Waals surface area contributed by atoms with Gasteiger partial charge in [0.25, 0.3) is 0 Å². The minimum absolute atomic E-state index is 0.0568. The number of nitrogens with one attached hydrogen (secondary N) is 2. The number of hydrogen-bond acceptors (Lipinski definition) is 3. The number of imidazole rings is 1. The summed E-state index contributed by atoms with van der Waals surface area (Å²) in [5.74, 6) is 1.27. The predicted molar refractivity (Wildman–Crippen MR) is 106 cm³/mol. The molecular weight excluding hydrogens is 454 g/mol. The van der Waals surface area contributed by atoms with Gasteiger partial charge in [0.05, 0.1) is 26.9 Å². The number of halogens is 5. The van der Waals surface area contributed by atoms with E-state index in [1.54, 1.807) is 30.6 Å². The van der Waals surface area contributed by atoms with Gasteiger partial charge in [0.15, 0.2) is 0 Å². The molecule has 28 heavy (non-hydrogen) atoms. The number of anilines is 1. The van der Waals surface area contributed by atoms with E-state index in [0.29, 0.717) is 16.5 Å². The standard InChI is InChI=1S/C17H12Cl2F3N3OS2/c18-10-1-4-15(27-9-16-23-5-6-24-16)14(7-10)25-28(26)11-2-3-13(19)12(8-11)17(20,21)22/h1-8,25H,9H2,(H,23,24). The summed E-state index contributed by atoms with van der Waals surface area (Å²) in [4.78, 5) is 7.76. The number of alkyl halides is 3. The second-order valence-corrected chi connectivity index (χ2v) is 8.55. The van der Waals surface area contributed by atoms with Crippen molar-refractivity contribution in [3.8, 4) is 0 Å². The van der Waals surface area contributed by atoms with Crippen LogP contribution in [0.15, 0.2) is 58.6 Å². The summed E-state index contributed by atoms with van der Waals surface area (Å²) in [6.07, 6.45) is -1.31. The lowest BCUT2D eigenvalue weighted by atomic mass is 10.2. The number of aromatic amines is 1. The van der Waals surface area contributed by atoms with E-state index in [0.717, 1.165) is 22.9 Å². The van der Waals surface area contributed by atoms with E-state index >= 15 is 0 Å². The van der Waals surface area contributed by atoms with Gasteiger partial charge in [0, 0.05) is 22.3 Å². The fourth-order valence-corrected chi connectivity index (χ4v) is 4.47. The van der Waals surface area contributed by atoms with Crippen LogP contribution in [0.4, 0.5) is 18.9 Å². The van der Waals surface area contributed by atoms with Crippen LogP contribution >= 0.6 is 35.0 Å². The minimum atomic E-state index is -4.64. The van der Waals surface area contributed by atoms with Crippen molar-refractivity contribution in [2.45, 2.75) is 21.7 Å². The number of nitrogens with zero attached hydrogens (tertiary/aromatic N) is 1. The molecule has 4 nitrogen and oxygen atoms in total. The molecule has 3 rings (SSSR count). The Labute approximate surface area is 175 Å². The van der Waals surface area contributed by atoms with E-state index in [-0.39, 0.29) is 4.90 Å². The summed E-state index contributed by atoms with van der Waals surface area (Å²) in [5, 5.41) is -0.0559. The zero-order chi connectivity index (χ0) is 20.3. The average Bonchev–Trinajstić information content (AvgIpc) is 3.14. The van der Waals surface area contributed by atoms with Crippen LogP contribution in [0.2, 0.25) is 10.0 Å². The second-order valence-electron chi connectivity index (χ2n) is 5.48. The third-order valence-corrected chi connectivity index (χ3v) is 6.26. The smallest absolute Gasteiger partial charge is 0.348 e. The Morgan fingerprint density at radius 2 is 1.96 bits per heavy atom. The zero-order valence-corrected chi connectivity index (χ0v) is 17.0. The van der Waals surface area contributed by atoms with Gasteiger partial charge in [-0.15, -0.1) is 11.8 Å².